The van der Waals surface area contributed by atoms with Crippen LogP contribution in [0.15, 0.2) is 0 Å². The molecular formula is C12H20N8. The van der Waals surface area contributed by atoms with Crippen molar-refractivity contribution in [2.75, 3.05) is 36.6 Å². The topological polar surface area (TPSA) is 119 Å². The number of aromatic nitrogens is 4. The normalized spacial score (nSPS) is 10.8. The van der Waals surface area contributed by atoms with Crippen LogP contribution in [0, 0.1) is 0 Å². The van der Waals surface area contributed by atoms with Crippen LogP contribution in [0.1, 0.15) is 19.2 Å². The van der Waals surface area contributed by atoms with Crippen molar-refractivity contribution in [2.45, 2.75) is 19.9 Å². The van der Waals surface area contributed by atoms with Gasteiger partial charge in [-0.25, -0.2) is 15.0 Å². The van der Waals surface area contributed by atoms with E-state index in [0.29, 0.717) is 34.4 Å². The third kappa shape index (κ3) is 2.55. The van der Waals surface area contributed by atoms with Crippen LogP contribution >= 0.6 is 0 Å². The molecule has 0 saturated heterocycles. The number of hydrogen-bond donors (Lipinski definition) is 3. The third-order valence-electron chi connectivity index (χ3n) is 2.93. The summed E-state index contributed by atoms with van der Waals surface area (Å²) < 4.78 is 0. The lowest BCUT2D eigenvalue weighted by Crippen LogP contribution is -2.21. The summed E-state index contributed by atoms with van der Waals surface area (Å²) in [5.41, 5.74) is 12.7. The van der Waals surface area contributed by atoms with Crippen LogP contribution in [0.4, 0.5) is 17.6 Å². The molecule has 2 rings (SSSR count). The van der Waals surface area contributed by atoms with Crippen LogP contribution in [0.3, 0.4) is 0 Å². The number of rotatable bonds is 5. The fourth-order valence-electron chi connectivity index (χ4n) is 1.95. The molecule has 0 aromatic carbocycles. The number of anilines is 3. The number of nitrogens with one attached hydrogen (secondary N) is 1. The Morgan fingerprint density at radius 2 is 1.90 bits per heavy atom. The molecule has 0 radical (unpaired) electrons. The van der Waals surface area contributed by atoms with Crippen LogP contribution in [0.25, 0.3) is 11.0 Å². The summed E-state index contributed by atoms with van der Waals surface area (Å²) >= 11 is 0. The van der Waals surface area contributed by atoms with Crippen molar-refractivity contribution in [1.82, 2.24) is 19.9 Å². The van der Waals surface area contributed by atoms with Crippen molar-refractivity contribution in [3.05, 3.63) is 5.82 Å². The van der Waals surface area contributed by atoms with Gasteiger partial charge >= 0.3 is 0 Å². The zero-order valence-corrected chi connectivity index (χ0v) is 12.0. The Morgan fingerprint density at radius 3 is 2.50 bits per heavy atom. The minimum absolute atomic E-state index is 0.223. The van der Waals surface area contributed by atoms with Crippen molar-refractivity contribution in [2.24, 2.45) is 5.73 Å². The number of fused-ring (bicyclic) bond motifs is 1. The molecule has 0 aliphatic carbocycles. The van der Waals surface area contributed by atoms with Crippen LogP contribution in [-0.2, 0) is 6.54 Å². The largest absolute Gasteiger partial charge is 0.382 e. The van der Waals surface area contributed by atoms with Gasteiger partial charge in [0.25, 0.3) is 0 Å². The van der Waals surface area contributed by atoms with Gasteiger partial charge in [0.2, 0.25) is 5.95 Å². The first-order chi connectivity index (χ1) is 9.60. The molecule has 0 unspecified atom stereocenters. The average Bonchev–Trinajstić information content (AvgIpc) is 2.46. The number of nitrogens with zero attached hydrogens (tertiary/aromatic N) is 5. The van der Waals surface area contributed by atoms with Gasteiger partial charge in [0, 0.05) is 20.6 Å². The third-order valence-corrected chi connectivity index (χ3v) is 2.93. The van der Waals surface area contributed by atoms with Gasteiger partial charge in [-0.1, -0.05) is 6.92 Å². The van der Waals surface area contributed by atoms with Gasteiger partial charge in [-0.2, -0.15) is 4.98 Å². The van der Waals surface area contributed by atoms with Crippen molar-refractivity contribution in [3.63, 3.8) is 0 Å². The van der Waals surface area contributed by atoms with E-state index in [-0.39, 0.29) is 6.54 Å². The lowest BCUT2D eigenvalue weighted by molar-refractivity contribution is 0.822. The SMILES string of the molecule is CCCN(C)c1nc(NC)c2nc(CN)nc(N)c2n1. The molecule has 5 N–H and O–H groups in total. The Hall–Kier alpha value is -2.22. The standard InChI is InChI=1S/C12H20N8/c1-4-5-20(3)12-18-8-9(11(15-2)19-12)16-7(6-13)17-10(8)14/h4-6,13H2,1-3H3,(H2,14,16,17)(H,15,18,19). The summed E-state index contributed by atoms with van der Waals surface area (Å²) in [7, 11) is 3.72. The molecule has 0 aliphatic heterocycles. The molecule has 20 heavy (non-hydrogen) atoms. The molecule has 2 aromatic heterocycles. The van der Waals surface area contributed by atoms with Crippen molar-refractivity contribution >= 4 is 28.6 Å². The number of nitrogen functional groups attached to an aromatic ring is 1. The predicted octanol–water partition coefficient (Wildman–Crippen LogP) is 0.349. The average molecular weight is 276 g/mol. The summed E-state index contributed by atoms with van der Waals surface area (Å²) in [6.45, 7) is 3.18. The van der Waals surface area contributed by atoms with E-state index in [2.05, 4.69) is 32.2 Å². The van der Waals surface area contributed by atoms with E-state index >= 15 is 0 Å². The Kier molecular flexibility index (Phi) is 4.14. The second kappa shape index (κ2) is 5.83. The first-order valence-corrected chi connectivity index (χ1v) is 6.53. The monoisotopic (exact) mass is 276 g/mol. The fourth-order valence-corrected chi connectivity index (χ4v) is 1.95. The molecule has 0 aliphatic rings. The highest BCUT2D eigenvalue weighted by Gasteiger charge is 2.15. The molecule has 0 amide bonds. The zero-order valence-electron chi connectivity index (χ0n) is 12.0. The summed E-state index contributed by atoms with van der Waals surface area (Å²) in [4.78, 5) is 19.4. The van der Waals surface area contributed by atoms with E-state index < -0.39 is 0 Å². The van der Waals surface area contributed by atoms with Crippen LogP contribution in [-0.4, -0.2) is 40.6 Å². The second-order valence-electron chi connectivity index (χ2n) is 4.47. The smallest absolute Gasteiger partial charge is 0.227 e. The quantitative estimate of drug-likeness (QED) is 0.715. The van der Waals surface area contributed by atoms with Gasteiger partial charge in [0.05, 0.1) is 6.54 Å². The van der Waals surface area contributed by atoms with E-state index in [4.69, 9.17) is 11.5 Å². The van der Waals surface area contributed by atoms with Gasteiger partial charge < -0.3 is 21.7 Å². The van der Waals surface area contributed by atoms with Crippen LogP contribution < -0.4 is 21.7 Å². The lowest BCUT2D eigenvalue weighted by Gasteiger charge is -2.18. The van der Waals surface area contributed by atoms with E-state index in [1.54, 1.807) is 7.05 Å². The first kappa shape index (κ1) is 14.2. The van der Waals surface area contributed by atoms with Crippen LogP contribution in [0.5, 0.6) is 0 Å². The molecule has 0 spiro atoms. The molecule has 2 aromatic rings. The Labute approximate surface area is 117 Å². The lowest BCUT2D eigenvalue weighted by atomic mass is 10.3. The minimum Gasteiger partial charge on any atom is -0.382 e. The fraction of sp³-hybridized carbons (Fsp3) is 0.500. The molecule has 0 saturated carbocycles. The predicted molar refractivity (Wildman–Crippen MR) is 80.5 cm³/mol. The number of hydrogen-bond acceptors (Lipinski definition) is 8. The van der Waals surface area contributed by atoms with Crippen molar-refractivity contribution in [3.8, 4) is 0 Å². The summed E-state index contributed by atoms with van der Waals surface area (Å²) in [6.07, 6.45) is 1.00. The van der Waals surface area contributed by atoms with E-state index in [1.807, 2.05) is 11.9 Å². The molecule has 8 heteroatoms. The van der Waals surface area contributed by atoms with E-state index in [1.165, 1.54) is 0 Å². The maximum Gasteiger partial charge on any atom is 0.227 e. The highest BCUT2D eigenvalue weighted by molar-refractivity contribution is 5.92. The van der Waals surface area contributed by atoms with Gasteiger partial charge in [0.1, 0.15) is 16.9 Å². The highest BCUT2D eigenvalue weighted by Crippen LogP contribution is 2.24. The summed E-state index contributed by atoms with van der Waals surface area (Å²) in [5, 5.41) is 3.02. The van der Waals surface area contributed by atoms with Gasteiger partial charge in [-0.05, 0) is 6.42 Å². The van der Waals surface area contributed by atoms with E-state index in [0.717, 1.165) is 13.0 Å². The molecular weight excluding hydrogens is 256 g/mol. The maximum atomic E-state index is 5.96. The second-order valence-corrected chi connectivity index (χ2v) is 4.47. The molecule has 0 bridgehead atoms. The molecule has 2 heterocycles. The molecule has 0 atom stereocenters. The van der Waals surface area contributed by atoms with Crippen molar-refractivity contribution in [1.29, 1.82) is 0 Å². The minimum atomic E-state index is 0.223. The van der Waals surface area contributed by atoms with Crippen molar-refractivity contribution < 1.29 is 0 Å². The summed E-state index contributed by atoms with van der Waals surface area (Å²) in [6, 6.07) is 0. The van der Waals surface area contributed by atoms with Gasteiger partial charge in [-0.15, -0.1) is 0 Å². The highest BCUT2D eigenvalue weighted by atomic mass is 15.3. The summed E-state index contributed by atoms with van der Waals surface area (Å²) in [5.74, 6) is 2.02. The first-order valence-electron chi connectivity index (χ1n) is 6.53. The Bertz CT molecular complexity index is 612. The molecule has 8 nitrogen and oxygen atoms in total. The maximum absolute atomic E-state index is 5.96. The molecule has 0 fully saturated rings. The van der Waals surface area contributed by atoms with E-state index in [9.17, 15) is 0 Å². The van der Waals surface area contributed by atoms with Crippen LogP contribution in [0.2, 0.25) is 0 Å². The Morgan fingerprint density at radius 1 is 1.15 bits per heavy atom. The Balaban J connectivity index is 2.64. The van der Waals surface area contributed by atoms with Gasteiger partial charge in [0.15, 0.2) is 11.6 Å². The number of nitrogens with two attached hydrogens (primary N) is 2. The molecule has 108 valence electrons. The van der Waals surface area contributed by atoms with Gasteiger partial charge in [-0.3, -0.25) is 0 Å². The zero-order chi connectivity index (χ0) is 14.7.